The molecule has 2 heteroatoms. The molecule has 0 N–H and O–H groups in total. The van der Waals surface area contributed by atoms with Crippen LogP contribution in [0, 0.1) is 0 Å². The van der Waals surface area contributed by atoms with Gasteiger partial charge in [-0.05, 0) is 51.8 Å². The first-order valence-electron chi connectivity index (χ1n) is 10.9. The lowest BCUT2D eigenvalue weighted by Gasteiger charge is -2.28. The Morgan fingerprint density at radius 2 is 1.21 bits per heavy atom. The highest BCUT2D eigenvalue weighted by Crippen LogP contribution is 2.39. The minimum Gasteiger partial charge on any atom is -0.379 e. The van der Waals surface area contributed by atoms with Crippen molar-refractivity contribution >= 4 is 0 Å². The van der Waals surface area contributed by atoms with Gasteiger partial charge in [-0.3, -0.25) is 4.90 Å². The Morgan fingerprint density at radius 1 is 0.655 bits per heavy atom. The van der Waals surface area contributed by atoms with Crippen LogP contribution in [0.1, 0.15) is 30.5 Å². The molecule has 150 valence electrons. The number of morpholine rings is 1. The summed E-state index contributed by atoms with van der Waals surface area (Å²) in [6, 6.07) is 24.6. The van der Waals surface area contributed by atoms with Gasteiger partial charge in [0.2, 0.25) is 0 Å². The standard InChI is InChI=1S/C27H31NO/c1-3-21-10-5-7-13-24(21)26-15-9-12-23(20-28-16-18-29-19-17-28)27(26)25-14-8-6-11-22(25)4-2/h5-15H,3-4,16-20H2,1-2H3. The molecule has 1 fully saturated rings. The first-order chi connectivity index (χ1) is 14.3. The number of nitrogens with zero attached hydrogens (tertiary/aromatic N) is 1. The van der Waals surface area contributed by atoms with Gasteiger partial charge in [0.15, 0.2) is 0 Å². The predicted octanol–water partition coefficient (Wildman–Crippen LogP) is 5.98. The van der Waals surface area contributed by atoms with Crippen LogP contribution in [0.2, 0.25) is 0 Å². The lowest BCUT2D eigenvalue weighted by atomic mass is 9.85. The Kier molecular flexibility index (Phi) is 6.43. The van der Waals surface area contributed by atoms with Crippen molar-refractivity contribution in [3.05, 3.63) is 83.4 Å². The first-order valence-corrected chi connectivity index (χ1v) is 10.9. The van der Waals surface area contributed by atoms with Gasteiger partial charge >= 0.3 is 0 Å². The molecule has 0 atom stereocenters. The van der Waals surface area contributed by atoms with Crippen LogP contribution in [0.3, 0.4) is 0 Å². The van der Waals surface area contributed by atoms with Crippen molar-refractivity contribution in [1.82, 2.24) is 4.90 Å². The third-order valence-corrected chi connectivity index (χ3v) is 6.00. The summed E-state index contributed by atoms with van der Waals surface area (Å²) in [5, 5.41) is 0. The lowest BCUT2D eigenvalue weighted by Crippen LogP contribution is -2.35. The molecule has 0 spiro atoms. The van der Waals surface area contributed by atoms with E-state index in [0.717, 1.165) is 45.7 Å². The van der Waals surface area contributed by atoms with E-state index in [9.17, 15) is 0 Å². The quantitative estimate of drug-likeness (QED) is 0.518. The van der Waals surface area contributed by atoms with Crippen LogP contribution < -0.4 is 0 Å². The number of ether oxygens (including phenoxy) is 1. The average molecular weight is 386 g/mol. The zero-order valence-corrected chi connectivity index (χ0v) is 17.7. The van der Waals surface area contributed by atoms with E-state index in [0.29, 0.717) is 0 Å². The van der Waals surface area contributed by atoms with Gasteiger partial charge in [0.1, 0.15) is 0 Å². The highest BCUT2D eigenvalue weighted by atomic mass is 16.5. The molecule has 29 heavy (non-hydrogen) atoms. The molecular formula is C27H31NO. The largest absolute Gasteiger partial charge is 0.379 e. The van der Waals surface area contributed by atoms with Crippen LogP contribution in [0.15, 0.2) is 66.7 Å². The fourth-order valence-electron chi connectivity index (χ4n) is 4.44. The van der Waals surface area contributed by atoms with Crippen LogP contribution in [0.4, 0.5) is 0 Å². The van der Waals surface area contributed by atoms with Crippen molar-refractivity contribution < 1.29 is 4.74 Å². The Hall–Kier alpha value is -2.42. The Morgan fingerprint density at radius 3 is 1.90 bits per heavy atom. The maximum absolute atomic E-state index is 5.57. The molecule has 0 aliphatic carbocycles. The third kappa shape index (κ3) is 4.29. The number of hydrogen-bond donors (Lipinski definition) is 0. The summed E-state index contributed by atoms with van der Waals surface area (Å²) in [5.41, 5.74) is 9.73. The highest BCUT2D eigenvalue weighted by molar-refractivity contribution is 5.88. The van der Waals surface area contributed by atoms with Gasteiger partial charge in [0.25, 0.3) is 0 Å². The first kappa shape index (κ1) is 19.9. The summed E-state index contributed by atoms with van der Waals surface area (Å²) in [6.07, 6.45) is 2.08. The van der Waals surface area contributed by atoms with E-state index in [2.05, 4.69) is 85.5 Å². The van der Waals surface area contributed by atoms with Crippen LogP contribution >= 0.6 is 0 Å². The summed E-state index contributed by atoms with van der Waals surface area (Å²) < 4.78 is 5.57. The Bertz CT molecular complexity index is 956. The molecule has 0 amide bonds. The SMILES string of the molecule is CCc1ccccc1-c1cccc(CN2CCOCC2)c1-c1ccccc1CC. The molecule has 0 unspecified atom stereocenters. The van der Waals surface area contributed by atoms with Crippen LogP contribution in [0.5, 0.6) is 0 Å². The Labute approximate surface area is 175 Å². The number of benzene rings is 3. The summed E-state index contributed by atoms with van der Waals surface area (Å²) in [7, 11) is 0. The van der Waals surface area contributed by atoms with Gasteiger partial charge in [0, 0.05) is 19.6 Å². The summed E-state index contributed by atoms with van der Waals surface area (Å²) in [6.45, 7) is 9.14. The maximum atomic E-state index is 5.57. The van der Waals surface area contributed by atoms with Gasteiger partial charge < -0.3 is 4.74 Å². The van der Waals surface area contributed by atoms with E-state index in [1.807, 2.05) is 0 Å². The fraction of sp³-hybridized carbons (Fsp3) is 0.333. The fourth-order valence-corrected chi connectivity index (χ4v) is 4.44. The van der Waals surface area contributed by atoms with Crippen LogP contribution in [0.25, 0.3) is 22.3 Å². The second-order valence-corrected chi connectivity index (χ2v) is 7.75. The molecule has 0 aromatic heterocycles. The lowest BCUT2D eigenvalue weighted by molar-refractivity contribution is 0.0342. The number of aryl methyl sites for hydroxylation is 2. The van der Waals surface area contributed by atoms with Crippen molar-refractivity contribution in [2.75, 3.05) is 26.3 Å². The number of hydrogen-bond acceptors (Lipinski definition) is 2. The van der Waals surface area contributed by atoms with Crippen molar-refractivity contribution in [2.45, 2.75) is 33.2 Å². The molecule has 0 saturated carbocycles. The van der Waals surface area contributed by atoms with Gasteiger partial charge in [0.05, 0.1) is 13.2 Å². The van der Waals surface area contributed by atoms with E-state index in [1.54, 1.807) is 0 Å². The molecule has 3 aromatic rings. The minimum absolute atomic E-state index is 0.833. The Balaban J connectivity index is 1.90. The normalized spacial score (nSPS) is 14.8. The van der Waals surface area contributed by atoms with Crippen molar-refractivity contribution in [3.63, 3.8) is 0 Å². The second-order valence-electron chi connectivity index (χ2n) is 7.75. The molecule has 0 bridgehead atoms. The molecular weight excluding hydrogens is 354 g/mol. The minimum atomic E-state index is 0.833. The molecule has 1 aliphatic rings. The topological polar surface area (TPSA) is 12.5 Å². The van der Waals surface area contributed by atoms with Crippen molar-refractivity contribution in [3.8, 4) is 22.3 Å². The molecule has 1 aliphatic heterocycles. The predicted molar refractivity (Wildman–Crippen MR) is 122 cm³/mol. The molecule has 0 radical (unpaired) electrons. The average Bonchev–Trinajstić information content (AvgIpc) is 2.79. The summed E-state index contributed by atoms with van der Waals surface area (Å²) >= 11 is 0. The van der Waals surface area contributed by atoms with Crippen LogP contribution in [-0.4, -0.2) is 31.2 Å². The molecule has 2 nitrogen and oxygen atoms in total. The van der Waals surface area contributed by atoms with Gasteiger partial charge in [-0.15, -0.1) is 0 Å². The molecule has 1 saturated heterocycles. The maximum Gasteiger partial charge on any atom is 0.0594 e. The van der Waals surface area contributed by atoms with Crippen molar-refractivity contribution in [1.29, 1.82) is 0 Å². The van der Waals surface area contributed by atoms with E-state index in [4.69, 9.17) is 4.74 Å². The van der Waals surface area contributed by atoms with E-state index in [1.165, 1.54) is 38.9 Å². The third-order valence-electron chi connectivity index (χ3n) is 6.00. The van der Waals surface area contributed by atoms with Crippen LogP contribution in [-0.2, 0) is 24.1 Å². The van der Waals surface area contributed by atoms with Gasteiger partial charge in [-0.2, -0.15) is 0 Å². The summed E-state index contributed by atoms with van der Waals surface area (Å²) in [5.74, 6) is 0. The monoisotopic (exact) mass is 385 g/mol. The second kappa shape index (κ2) is 9.39. The van der Waals surface area contributed by atoms with E-state index >= 15 is 0 Å². The van der Waals surface area contributed by atoms with Crippen molar-refractivity contribution in [2.24, 2.45) is 0 Å². The zero-order chi connectivity index (χ0) is 20.1. The summed E-state index contributed by atoms with van der Waals surface area (Å²) in [4.78, 5) is 2.52. The van der Waals surface area contributed by atoms with Gasteiger partial charge in [-0.1, -0.05) is 80.6 Å². The van der Waals surface area contributed by atoms with E-state index in [-0.39, 0.29) is 0 Å². The molecule has 1 heterocycles. The highest BCUT2D eigenvalue weighted by Gasteiger charge is 2.19. The molecule has 4 rings (SSSR count). The van der Waals surface area contributed by atoms with Gasteiger partial charge in [-0.25, -0.2) is 0 Å². The number of rotatable bonds is 6. The zero-order valence-electron chi connectivity index (χ0n) is 17.7. The van der Waals surface area contributed by atoms with E-state index < -0.39 is 0 Å². The molecule has 3 aromatic carbocycles. The smallest absolute Gasteiger partial charge is 0.0594 e.